The molecular formula is C6H2Br2Cl2O2S. The number of hydrogen-bond acceptors (Lipinski definition) is 2. The van der Waals surface area contributed by atoms with Gasteiger partial charge < -0.3 is 0 Å². The van der Waals surface area contributed by atoms with E-state index in [2.05, 4.69) is 31.9 Å². The summed E-state index contributed by atoms with van der Waals surface area (Å²) < 4.78 is 23.2. The van der Waals surface area contributed by atoms with Crippen molar-refractivity contribution in [3.63, 3.8) is 0 Å². The van der Waals surface area contributed by atoms with Crippen LogP contribution < -0.4 is 0 Å². The molecule has 0 aliphatic carbocycles. The SMILES string of the molecule is O=S(=O)(Cl)c1cc(Br)c(Br)cc1Cl. The molecule has 0 N–H and O–H groups in total. The Hall–Kier alpha value is 0.710. The predicted octanol–water partition coefficient (Wildman–Crippen LogP) is 3.79. The summed E-state index contributed by atoms with van der Waals surface area (Å²) in [5.74, 6) is 0. The molecule has 0 saturated heterocycles. The zero-order chi connectivity index (χ0) is 10.2. The topological polar surface area (TPSA) is 34.1 Å². The quantitative estimate of drug-likeness (QED) is 0.558. The minimum Gasteiger partial charge on any atom is -0.207 e. The molecule has 0 unspecified atom stereocenters. The first-order valence-electron chi connectivity index (χ1n) is 2.91. The van der Waals surface area contributed by atoms with Gasteiger partial charge in [0.15, 0.2) is 0 Å². The lowest BCUT2D eigenvalue weighted by atomic mass is 10.4. The van der Waals surface area contributed by atoms with Crippen molar-refractivity contribution in [1.29, 1.82) is 0 Å². The molecule has 13 heavy (non-hydrogen) atoms. The van der Waals surface area contributed by atoms with Crippen LogP contribution in [-0.4, -0.2) is 8.42 Å². The fourth-order valence-corrected chi connectivity index (χ4v) is 3.18. The summed E-state index contributed by atoms with van der Waals surface area (Å²) in [5, 5.41) is 0.0880. The van der Waals surface area contributed by atoms with Crippen LogP contribution in [0.1, 0.15) is 0 Å². The first-order valence-corrected chi connectivity index (χ1v) is 7.19. The monoisotopic (exact) mass is 366 g/mol. The zero-order valence-corrected chi connectivity index (χ0v) is 11.4. The number of benzene rings is 1. The van der Waals surface area contributed by atoms with E-state index in [9.17, 15) is 8.42 Å². The second-order valence-electron chi connectivity index (χ2n) is 2.13. The summed E-state index contributed by atoms with van der Waals surface area (Å²) in [6.45, 7) is 0. The standard InChI is InChI=1S/C6H2Br2Cl2O2S/c7-3-1-5(9)6(2-4(3)8)13(10,11)12/h1-2H. The van der Waals surface area contributed by atoms with Crippen LogP contribution >= 0.6 is 54.1 Å². The van der Waals surface area contributed by atoms with Crippen LogP contribution in [-0.2, 0) is 9.05 Å². The Kier molecular flexibility index (Phi) is 3.68. The second kappa shape index (κ2) is 4.06. The molecule has 0 bridgehead atoms. The zero-order valence-electron chi connectivity index (χ0n) is 5.89. The smallest absolute Gasteiger partial charge is 0.207 e. The van der Waals surface area contributed by atoms with E-state index in [1.54, 1.807) is 0 Å². The van der Waals surface area contributed by atoms with E-state index in [0.29, 0.717) is 8.95 Å². The van der Waals surface area contributed by atoms with Gasteiger partial charge in [-0.05, 0) is 44.0 Å². The van der Waals surface area contributed by atoms with Crippen molar-refractivity contribution in [2.45, 2.75) is 4.90 Å². The van der Waals surface area contributed by atoms with Crippen LogP contribution in [0.5, 0.6) is 0 Å². The van der Waals surface area contributed by atoms with Gasteiger partial charge >= 0.3 is 0 Å². The summed E-state index contributed by atoms with van der Waals surface area (Å²) in [5.41, 5.74) is 0. The maximum Gasteiger partial charge on any atom is 0.262 e. The van der Waals surface area contributed by atoms with E-state index >= 15 is 0 Å². The minimum absolute atomic E-state index is 0.0880. The molecule has 0 saturated carbocycles. The Bertz CT molecular complexity index is 444. The van der Waals surface area contributed by atoms with Gasteiger partial charge in [0.2, 0.25) is 0 Å². The highest BCUT2D eigenvalue weighted by Gasteiger charge is 2.16. The normalized spacial score (nSPS) is 11.7. The van der Waals surface area contributed by atoms with Gasteiger partial charge in [-0.15, -0.1) is 0 Å². The lowest BCUT2D eigenvalue weighted by Gasteiger charge is -2.02. The Balaban J connectivity index is 3.50. The van der Waals surface area contributed by atoms with Gasteiger partial charge in [-0.1, -0.05) is 11.6 Å². The Morgan fingerprint density at radius 1 is 1.15 bits per heavy atom. The van der Waals surface area contributed by atoms with Crippen molar-refractivity contribution >= 4 is 63.2 Å². The highest BCUT2D eigenvalue weighted by molar-refractivity contribution is 9.13. The van der Waals surface area contributed by atoms with Crippen LogP contribution in [0.4, 0.5) is 0 Å². The predicted molar refractivity (Wildman–Crippen MR) is 59.9 cm³/mol. The molecule has 72 valence electrons. The summed E-state index contributed by atoms with van der Waals surface area (Å²) in [7, 11) is 1.36. The van der Waals surface area contributed by atoms with Crippen molar-refractivity contribution < 1.29 is 8.42 Å². The van der Waals surface area contributed by atoms with Crippen molar-refractivity contribution in [2.24, 2.45) is 0 Å². The molecule has 1 rings (SSSR count). The fraction of sp³-hybridized carbons (Fsp3) is 0. The Morgan fingerprint density at radius 2 is 1.62 bits per heavy atom. The lowest BCUT2D eigenvalue weighted by molar-refractivity contribution is 0.609. The lowest BCUT2D eigenvalue weighted by Crippen LogP contribution is -1.92. The molecule has 0 radical (unpaired) electrons. The molecular weight excluding hydrogens is 367 g/mol. The molecule has 1 aromatic rings. The van der Waals surface area contributed by atoms with Gasteiger partial charge in [-0.3, -0.25) is 0 Å². The molecule has 0 fully saturated rings. The summed E-state index contributed by atoms with van der Waals surface area (Å²) in [4.78, 5) is -0.106. The average molecular weight is 369 g/mol. The van der Waals surface area contributed by atoms with Crippen LogP contribution in [0.15, 0.2) is 26.0 Å². The van der Waals surface area contributed by atoms with Gasteiger partial charge in [-0.25, -0.2) is 8.42 Å². The molecule has 0 amide bonds. The summed E-state index contributed by atoms with van der Waals surface area (Å²) in [6.07, 6.45) is 0. The third kappa shape index (κ3) is 2.83. The third-order valence-electron chi connectivity index (χ3n) is 1.24. The number of halogens is 4. The Labute approximate surface area is 102 Å². The largest absolute Gasteiger partial charge is 0.262 e. The Morgan fingerprint density at radius 3 is 2.08 bits per heavy atom. The van der Waals surface area contributed by atoms with E-state index in [0.717, 1.165) is 0 Å². The van der Waals surface area contributed by atoms with Crippen molar-refractivity contribution in [1.82, 2.24) is 0 Å². The highest BCUT2D eigenvalue weighted by Crippen LogP contribution is 2.33. The molecule has 0 aliphatic rings. The van der Waals surface area contributed by atoms with Gasteiger partial charge in [0, 0.05) is 19.6 Å². The molecule has 7 heteroatoms. The molecule has 0 aromatic heterocycles. The van der Waals surface area contributed by atoms with Crippen LogP contribution in [0.3, 0.4) is 0 Å². The van der Waals surface area contributed by atoms with Crippen molar-refractivity contribution in [2.75, 3.05) is 0 Å². The van der Waals surface area contributed by atoms with Crippen molar-refractivity contribution in [3.05, 3.63) is 26.1 Å². The summed E-state index contributed by atoms with van der Waals surface area (Å²) in [6, 6.07) is 2.80. The van der Waals surface area contributed by atoms with E-state index in [4.69, 9.17) is 22.3 Å². The van der Waals surface area contributed by atoms with E-state index < -0.39 is 9.05 Å². The van der Waals surface area contributed by atoms with E-state index in [1.165, 1.54) is 12.1 Å². The molecule has 0 aliphatic heterocycles. The van der Waals surface area contributed by atoms with Gasteiger partial charge in [0.1, 0.15) is 4.90 Å². The second-order valence-corrected chi connectivity index (χ2v) is 6.78. The first-order chi connectivity index (χ1) is 5.82. The fourth-order valence-electron chi connectivity index (χ4n) is 0.691. The molecule has 2 nitrogen and oxygen atoms in total. The van der Waals surface area contributed by atoms with E-state index in [-0.39, 0.29) is 9.92 Å². The van der Waals surface area contributed by atoms with Crippen LogP contribution in [0.2, 0.25) is 5.02 Å². The van der Waals surface area contributed by atoms with Crippen LogP contribution in [0.25, 0.3) is 0 Å². The van der Waals surface area contributed by atoms with Gasteiger partial charge in [0.25, 0.3) is 9.05 Å². The van der Waals surface area contributed by atoms with E-state index in [1.807, 2.05) is 0 Å². The third-order valence-corrected chi connectivity index (χ3v) is 4.87. The van der Waals surface area contributed by atoms with Gasteiger partial charge in [0.05, 0.1) is 5.02 Å². The minimum atomic E-state index is -3.78. The first kappa shape index (κ1) is 11.8. The highest BCUT2D eigenvalue weighted by atomic mass is 79.9. The average Bonchev–Trinajstić information content (AvgIpc) is 1.94. The number of rotatable bonds is 1. The molecule has 0 atom stereocenters. The molecule has 1 aromatic carbocycles. The van der Waals surface area contributed by atoms with Crippen LogP contribution in [0, 0.1) is 0 Å². The maximum atomic E-state index is 11.0. The van der Waals surface area contributed by atoms with Crippen molar-refractivity contribution in [3.8, 4) is 0 Å². The maximum absolute atomic E-state index is 11.0. The molecule has 0 spiro atoms. The number of hydrogen-bond donors (Lipinski definition) is 0. The molecule has 0 heterocycles. The summed E-state index contributed by atoms with van der Waals surface area (Å²) >= 11 is 12.0. The van der Waals surface area contributed by atoms with Gasteiger partial charge in [-0.2, -0.15) is 0 Å².